The van der Waals surface area contributed by atoms with E-state index in [0.29, 0.717) is 28.4 Å². The number of carbonyl (C=O) groups excluding carboxylic acids is 2. The zero-order chi connectivity index (χ0) is 20.1. The Labute approximate surface area is 162 Å². The highest BCUT2D eigenvalue weighted by molar-refractivity contribution is 6.07. The van der Waals surface area contributed by atoms with Gasteiger partial charge in [0, 0.05) is 17.3 Å². The number of furan rings is 1. The van der Waals surface area contributed by atoms with Gasteiger partial charge in [-0.1, -0.05) is 6.07 Å². The number of amides is 2. The molecule has 0 unspecified atom stereocenters. The Bertz CT molecular complexity index is 996. The number of rotatable bonds is 6. The van der Waals surface area contributed by atoms with Crippen molar-refractivity contribution in [2.45, 2.75) is 6.92 Å². The topological polar surface area (TPSA) is 89.8 Å². The van der Waals surface area contributed by atoms with Crippen molar-refractivity contribution >= 4 is 23.2 Å². The standard InChI is InChI=1S/C21H20N2O5/c1-13-6-7-14(11-17(13)23-21(25)18-5-4-10-28-18)20(24)22-16-9-8-15(26-2)12-19(16)27-3/h4-12H,1-3H3,(H,22,24)(H,23,25). The number of benzene rings is 2. The predicted octanol–water partition coefficient (Wildman–Crippen LogP) is 4.11. The third kappa shape index (κ3) is 4.15. The van der Waals surface area contributed by atoms with Crippen LogP contribution < -0.4 is 20.1 Å². The van der Waals surface area contributed by atoms with Crippen LogP contribution >= 0.6 is 0 Å². The van der Waals surface area contributed by atoms with Gasteiger partial charge in [-0.3, -0.25) is 9.59 Å². The van der Waals surface area contributed by atoms with Crippen molar-refractivity contribution in [1.29, 1.82) is 0 Å². The van der Waals surface area contributed by atoms with Crippen LogP contribution in [0.15, 0.2) is 59.2 Å². The zero-order valence-corrected chi connectivity index (χ0v) is 15.7. The minimum atomic E-state index is -0.387. The largest absolute Gasteiger partial charge is 0.497 e. The lowest BCUT2D eigenvalue weighted by molar-refractivity contribution is 0.0993. The number of anilines is 2. The maximum absolute atomic E-state index is 12.7. The fraction of sp³-hybridized carbons (Fsp3) is 0.143. The molecule has 0 bridgehead atoms. The van der Waals surface area contributed by atoms with Crippen molar-refractivity contribution < 1.29 is 23.5 Å². The van der Waals surface area contributed by atoms with E-state index in [4.69, 9.17) is 13.9 Å². The molecule has 7 nitrogen and oxygen atoms in total. The Hall–Kier alpha value is -3.74. The van der Waals surface area contributed by atoms with Gasteiger partial charge < -0.3 is 24.5 Å². The van der Waals surface area contributed by atoms with E-state index in [1.54, 1.807) is 55.6 Å². The molecule has 1 aromatic heterocycles. The molecular formula is C21H20N2O5. The van der Waals surface area contributed by atoms with Crippen LogP contribution in [-0.2, 0) is 0 Å². The van der Waals surface area contributed by atoms with Crippen LogP contribution in [0.3, 0.4) is 0 Å². The molecule has 144 valence electrons. The first-order valence-electron chi connectivity index (χ1n) is 8.50. The van der Waals surface area contributed by atoms with Gasteiger partial charge in [0.15, 0.2) is 5.76 Å². The lowest BCUT2D eigenvalue weighted by Gasteiger charge is -2.13. The van der Waals surface area contributed by atoms with Crippen molar-refractivity contribution in [2.75, 3.05) is 24.9 Å². The minimum Gasteiger partial charge on any atom is -0.497 e. The second-order valence-electron chi connectivity index (χ2n) is 5.98. The maximum atomic E-state index is 12.7. The first-order valence-corrected chi connectivity index (χ1v) is 8.50. The van der Waals surface area contributed by atoms with Crippen LogP contribution in [0.4, 0.5) is 11.4 Å². The SMILES string of the molecule is COc1ccc(NC(=O)c2ccc(C)c(NC(=O)c3ccco3)c2)c(OC)c1. The van der Waals surface area contributed by atoms with E-state index in [0.717, 1.165) is 5.56 Å². The molecule has 3 aromatic rings. The number of ether oxygens (including phenoxy) is 2. The second-order valence-corrected chi connectivity index (χ2v) is 5.98. The third-order valence-corrected chi connectivity index (χ3v) is 4.15. The summed E-state index contributed by atoms with van der Waals surface area (Å²) in [6, 6.07) is 13.4. The lowest BCUT2D eigenvalue weighted by atomic mass is 10.1. The Kier molecular flexibility index (Phi) is 5.64. The molecule has 28 heavy (non-hydrogen) atoms. The molecule has 7 heteroatoms. The van der Waals surface area contributed by atoms with Crippen molar-refractivity contribution in [3.63, 3.8) is 0 Å². The van der Waals surface area contributed by atoms with E-state index in [9.17, 15) is 9.59 Å². The van der Waals surface area contributed by atoms with Gasteiger partial charge in [-0.15, -0.1) is 0 Å². The van der Waals surface area contributed by atoms with Crippen molar-refractivity contribution in [2.24, 2.45) is 0 Å². The molecule has 0 aliphatic heterocycles. The average Bonchev–Trinajstić information content (AvgIpc) is 3.24. The number of hydrogen-bond acceptors (Lipinski definition) is 5. The van der Waals surface area contributed by atoms with Gasteiger partial charge in [0.05, 0.1) is 26.2 Å². The highest BCUT2D eigenvalue weighted by atomic mass is 16.5. The van der Waals surface area contributed by atoms with E-state index < -0.39 is 0 Å². The van der Waals surface area contributed by atoms with Crippen LogP contribution in [0.1, 0.15) is 26.5 Å². The molecule has 3 rings (SSSR count). The summed E-state index contributed by atoms with van der Waals surface area (Å²) in [5.74, 6) is 0.566. The second kappa shape index (κ2) is 8.30. The smallest absolute Gasteiger partial charge is 0.291 e. The summed E-state index contributed by atoms with van der Waals surface area (Å²) in [6.07, 6.45) is 1.42. The summed E-state index contributed by atoms with van der Waals surface area (Å²) in [6.45, 7) is 1.84. The molecule has 0 aliphatic carbocycles. The van der Waals surface area contributed by atoms with E-state index in [-0.39, 0.29) is 17.6 Å². The van der Waals surface area contributed by atoms with E-state index in [1.807, 2.05) is 6.92 Å². The predicted molar refractivity (Wildman–Crippen MR) is 105 cm³/mol. The number of methoxy groups -OCH3 is 2. The minimum absolute atomic E-state index is 0.192. The normalized spacial score (nSPS) is 10.2. The molecule has 2 N–H and O–H groups in total. The average molecular weight is 380 g/mol. The molecule has 0 saturated heterocycles. The van der Waals surface area contributed by atoms with Gasteiger partial charge in [0.1, 0.15) is 11.5 Å². The van der Waals surface area contributed by atoms with E-state index >= 15 is 0 Å². The van der Waals surface area contributed by atoms with Crippen LogP contribution in [0.5, 0.6) is 11.5 Å². The lowest BCUT2D eigenvalue weighted by Crippen LogP contribution is -2.15. The van der Waals surface area contributed by atoms with E-state index in [1.165, 1.54) is 13.4 Å². The fourth-order valence-corrected chi connectivity index (χ4v) is 2.59. The van der Waals surface area contributed by atoms with E-state index in [2.05, 4.69) is 10.6 Å². The molecule has 0 atom stereocenters. The number of nitrogens with one attached hydrogen (secondary N) is 2. The molecule has 0 saturated carbocycles. The first kappa shape index (κ1) is 19.0. The molecule has 0 spiro atoms. The molecular weight excluding hydrogens is 360 g/mol. The molecule has 0 fully saturated rings. The fourth-order valence-electron chi connectivity index (χ4n) is 2.59. The van der Waals surface area contributed by atoms with Gasteiger partial charge in [0.25, 0.3) is 11.8 Å². The van der Waals surface area contributed by atoms with Crippen molar-refractivity contribution in [1.82, 2.24) is 0 Å². The number of hydrogen-bond donors (Lipinski definition) is 2. The Morgan fingerprint density at radius 1 is 0.893 bits per heavy atom. The maximum Gasteiger partial charge on any atom is 0.291 e. The monoisotopic (exact) mass is 380 g/mol. The van der Waals surface area contributed by atoms with Crippen LogP contribution in [0.25, 0.3) is 0 Å². The van der Waals surface area contributed by atoms with Gasteiger partial charge in [-0.05, 0) is 48.9 Å². The summed E-state index contributed by atoms with van der Waals surface area (Å²) < 4.78 is 15.5. The molecule has 2 amide bonds. The van der Waals surface area contributed by atoms with Crippen LogP contribution in [-0.4, -0.2) is 26.0 Å². The van der Waals surface area contributed by atoms with Gasteiger partial charge in [0.2, 0.25) is 0 Å². The summed E-state index contributed by atoms with van der Waals surface area (Å²) in [5, 5.41) is 5.56. The summed E-state index contributed by atoms with van der Waals surface area (Å²) in [7, 11) is 3.07. The highest BCUT2D eigenvalue weighted by Gasteiger charge is 2.15. The molecule has 1 heterocycles. The molecule has 0 radical (unpaired) electrons. The van der Waals surface area contributed by atoms with Gasteiger partial charge >= 0.3 is 0 Å². The van der Waals surface area contributed by atoms with Gasteiger partial charge in [-0.25, -0.2) is 0 Å². The third-order valence-electron chi connectivity index (χ3n) is 4.15. The highest BCUT2D eigenvalue weighted by Crippen LogP contribution is 2.29. The van der Waals surface area contributed by atoms with Crippen LogP contribution in [0.2, 0.25) is 0 Å². The van der Waals surface area contributed by atoms with Crippen LogP contribution in [0, 0.1) is 6.92 Å². The molecule has 0 aliphatic rings. The first-order chi connectivity index (χ1) is 13.5. The quantitative estimate of drug-likeness (QED) is 0.672. The Morgan fingerprint density at radius 2 is 1.68 bits per heavy atom. The Balaban J connectivity index is 1.80. The summed E-state index contributed by atoms with van der Waals surface area (Å²) in [4.78, 5) is 24.9. The van der Waals surface area contributed by atoms with Gasteiger partial charge in [-0.2, -0.15) is 0 Å². The number of aryl methyl sites for hydroxylation is 1. The van der Waals surface area contributed by atoms with Crippen molar-refractivity contribution in [3.05, 3.63) is 71.7 Å². The zero-order valence-electron chi connectivity index (χ0n) is 15.7. The summed E-state index contributed by atoms with van der Waals surface area (Å²) in [5.41, 5.74) is 2.24. The summed E-state index contributed by atoms with van der Waals surface area (Å²) >= 11 is 0. The Morgan fingerprint density at radius 3 is 2.36 bits per heavy atom. The van der Waals surface area contributed by atoms with Crippen molar-refractivity contribution in [3.8, 4) is 11.5 Å². The molecule has 2 aromatic carbocycles. The number of carbonyl (C=O) groups is 2.